The van der Waals surface area contributed by atoms with E-state index >= 15 is 0 Å². The molecule has 0 radical (unpaired) electrons. The lowest BCUT2D eigenvalue weighted by molar-refractivity contribution is -0.118. The van der Waals surface area contributed by atoms with Gasteiger partial charge in [-0.25, -0.2) is 0 Å². The van der Waals surface area contributed by atoms with Crippen LogP contribution in [-0.4, -0.2) is 29.5 Å². The second-order valence-electron chi connectivity index (χ2n) is 5.93. The van der Waals surface area contributed by atoms with Crippen LogP contribution in [0.3, 0.4) is 0 Å². The molecular weight excluding hydrogens is 458 g/mol. The predicted molar refractivity (Wildman–Crippen MR) is 117 cm³/mol. The van der Waals surface area contributed by atoms with E-state index in [2.05, 4.69) is 31.6 Å². The van der Waals surface area contributed by atoms with Crippen LogP contribution in [0.4, 0.5) is 5.69 Å². The molecule has 3 rings (SSSR count). The highest BCUT2D eigenvalue weighted by molar-refractivity contribution is 9.10. The lowest BCUT2D eigenvalue weighted by atomic mass is 10.2. The summed E-state index contributed by atoms with van der Waals surface area (Å²) in [4.78, 5) is 39.1. The average molecular weight is 474 g/mol. The van der Waals surface area contributed by atoms with Crippen LogP contribution in [0, 0.1) is 0 Å². The average Bonchev–Trinajstić information content (AvgIpc) is 3.01. The molecule has 0 aliphatic carbocycles. The van der Waals surface area contributed by atoms with E-state index in [4.69, 9.17) is 4.74 Å². The summed E-state index contributed by atoms with van der Waals surface area (Å²) in [5.41, 5.74) is 1.45. The van der Waals surface area contributed by atoms with E-state index in [1.54, 1.807) is 42.5 Å². The van der Waals surface area contributed by atoms with Crippen LogP contribution in [-0.2, 0) is 14.4 Å². The van der Waals surface area contributed by atoms with Gasteiger partial charge in [-0.1, -0.05) is 28.1 Å². The second kappa shape index (κ2) is 9.53. The maximum absolute atomic E-state index is 12.0. The molecular formula is C20H16BrN3O4S. The summed E-state index contributed by atoms with van der Waals surface area (Å²) in [6, 6.07) is 14.2. The summed E-state index contributed by atoms with van der Waals surface area (Å²) in [5, 5.41) is 5.51. The van der Waals surface area contributed by atoms with Crippen molar-refractivity contribution in [3.63, 3.8) is 0 Å². The summed E-state index contributed by atoms with van der Waals surface area (Å²) < 4.78 is 6.41. The molecule has 9 heteroatoms. The Balaban J connectivity index is 1.52. The smallest absolute Gasteiger partial charge is 0.286 e. The number of carbonyl (C=O) groups excluding carboxylic acids is 3. The first-order valence-electron chi connectivity index (χ1n) is 8.47. The van der Waals surface area contributed by atoms with Gasteiger partial charge in [-0.3, -0.25) is 14.4 Å². The van der Waals surface area contributed by atoms with Gasteiger partial charge in [-0.05, 0) is 59.8 Å². The SMILES string of the molecule is CC(=O)NC1=NC(=O)/C(=C/c2ccc(OCC(=O)Nc3ccc(Br)cc3)cc2)S1. The van der Waals surface area contributed by atoms with Crippen molar-refractivity contribution in [2.45, 2.75) is 6.92 Å². The quantitative estimate of drug-likeness (QED) is 0.646. The maximum atomic E-state index is 12.0. The number of aliphatic imine (C=N–C) groups is 1. The summed E-state index contributed by atoms with van der Waals surface area (Å²) >= 11 is 4.44. The number of amides is 3. The van der Waals surface area contributed by atoms with Crippen LogP contribution >= 0.6 is 27.7 Å². The van der Waals surface area contributed by atoms with Crippen LogP contribution < -0.4 is 15.4 Å². The Hall–Kier alpha value is -2.91. The van der Waals surface area contributed by atoms with Gasteiger partial charge in [0.05, 0.1) is 4.91 Å². The van der Waals surface area contributed by atoms with Gasteiger partial charge in [0.1, 0.15) is 5.75 Å². The highest BCUT2D eigenvalue weighted by Crippen LogP contribution is 2.28. The van der Waals surface area contributed by atoms with Crippen molar-refractivity contribution in [3.05, 3.63) is 63.5 Å². The zero-order valence-corrected chi connectivity index (χ0v) is 17.7. The summed E-state index contributed by atoms with van der Waals surface area (Å²) in [6.07, 6.45) is 1.68. The molecule has 7 nitrogen and oxygen atoms in total. The molecule has 148 valence electrons. The third-order valence-corrected chi connectivity index (χ3v) is 5.01. The molecule has 0 unspecified atom stereocenters. The Morgan fingerprint density at radius 3 is 2.45 bits per heavy atom. The second-order valence-corrected chi connectivity index (χ2v) is 7.87. The van der Waals surface area contributed by atoms with E-state index in [9.17, 15) is 14.4 Å². The number of nitrogens with one attached hydrogen (secondary N) is 2. The van der Waals surface area contributed by atoms with Crippen molar-refractivity contribution in [1.29, 1.82) is 0 Å². The fourth-order valence-corrected chi connectivity index (χ4v) is 3.43. The van der Waals surface area contributed by atoms with E-state index in [1.807, 2.05) is 12.1 Å². The standard InChI is InChI=1S/C20H16BrN3O4S/c1-12(25)22-20-24-19(27)17(29-20)10-13-2-8-16(9-3-13)28-11-18(26)23-15-6-4-14(21)5-7-15/h2-10H,11H2,1H3,(H,23,26)(H,22,24,25,27)/b17-10-. The van der Waals surface area contributed by atoms with Crippen molar-refractivity contribution in [3.8, 4) is 5.75 Å². The molecule has 0 spiro atoms. The number of amidine groups is 1. The van der Waals surface area contributed by atoms with Crippen molar-refractivity contribution < 1.29 is 19.1 Å². The van der Waals surface area contributed by atoms with Crippen molar-refractivity contribution in [2.24, 2.45) is 4.99 Å². The fraction of sp³-hybridized carbons (Fsp3) is 0.100. The largest absolute Gasteiger partial charge is 0.484 e. The van der Waals surface area contributed by atoms with E-state index < -0.39 is 5.91 Å². The third-order valence-electron chi connectivity index (χ3n) is 3.58. The topological polar surface area (TPSA) is 96.9 Å². The normalized spacial score (nSPS) is 14.5. The van der Waals surface area contributed by atoms with Crippen LogP contribution in [0.1, 0.15) is 12.5 Å². The maximum Gasteiger partial charge on any atom is 0.286 e. The highest BCUT2D eigenvalue weighted by atomic mass is 79.9. The first kappa shape index (κ1) is 20.8. The molecule has 1 aliphatic rings. The van der Waals surface area contributed by atoms with Gasteiger partial charge < -0.3 is 15.4 Å². The molecule has 0 saturated carbocycles. The van der Waals surface area contributed by atoms with Crippen LogP contribution in [0.15, 0.2) is 62.9 Å². The Morgan fingerprint density at radius 1 is 1.10 bits per heavy atom. The van der Waals surface area contributed by atoms with E-state index in [0.29, 0.717) is 16.3 Å². The van der Waals surface area contributed by atoms with Crippen molar-refractivity contribution in [1.82, 2.24) is 5.32 Å². The number of nitrogens with zero attached hydrogens (tertiary/aromatic N) is 1. The lowest BCUT2D eigenvalue weighted by Crippen LogP contribution is -2.23. The summed E-state index contributed by atoms with van der Waals surface area (Å²) in [6.45, 7) is 1.23. The minimum absolute atomic E-state index is 0.126. The predicted octanol–water partition coefficient (Wildman–Crippen LogP) is 3.57. The highest BCUT2D eigenvalue weighted by Gasteiger charge is 2.22. The molecule has 1 heterocycles. The number of anilines is 1. The number of hydrogen-bond donors (Lipinski definition) is 2. The van der Waals surface area contributed by atoms with Gasteiger partial charge in [0, 0.05) is 17.1 Å². The zero-order chi connectivity index (χ0) is 20.8. The minimum atomic E-state index is -0.399. The Labute approximate surface area is 179 Å². The minimum Gasteiger partial charge on any atom is -0.484 e. The van der Waals surface area contributed by atoms with Crippen LogP contribution in [0.25, 0.3) is 6.08 Å². The number of hydrogen-bond acceptors (Lipinski definition) is 5. The lowest BCUT2D eigenvalue weighted by Gasteiger charge is -2.08. The number of benzene rings is 2. The van der Waals surface area contributed by atoms with E-state index in [1.165, 1.54) is 6.92 Å². The van der Waals surface area contributed by atoms with Gasteiger partial charge in [-0.2, -0.15) is 4.99 Å². The molecule has 0 aromatic heterocycles. The monoisotopic (exact) mass is 473 g/mol. The number of rotatable bonds is 5. The first-order valence-corrected chi connectivity index (χ1v) is 10.1. The molecule has 0 bridgehead atoms. The molecule has 1 aliphatic heterocycles. The molecule has 29 heavy (non-hydrogen) atoms. The number of ether oxygens (including phenoxy) is 1. The molecule has 0 atom stereocenters. The molecule has 0 fully saturated rings. The molecule has 0 saturated heterocycles. The Bertz CT molecular complexity index is 1000. The summed E-state index contributed by atoms with van der Waals surface area (Å²) in [5.74, 6) is -0.424. The van der Waals surface area contributed by atoms with Gasteiger partial charge in [0.25, 0.3) is 11.8 Å². The Kier molecular flexibility index (Phi) is 6.84. The zero-order valence-electron chi connectivity index (χ0n) is 15.3. The molecule has 2 aromatic rings. The summed E-state index contributed by atoms with van der Waals surface area (Å²) in [7, 11) is 0. The molecule has 2 N–H and O–H groups in total. The Morgan fingerprint density at radius 2 is 1.79 bits per heavy atom. The third kappa shape index (κ3) is 6.30. The fourth-order valence-electron chi connectivity index (χ4n) is 2.30. The number of thioether (sulfide) groups is 1. The molecule has 2 aromatic carbocycles. The van der Waals surface area contributed by atoms with E-state index in [-0.39, 0.29) is 23.6 Å². The van der Waals surface area contributed by atoms with Gasteiger partial charge in [0.15, 0.2) is 11.8 Å². The van der Waals surface area contributed by atoms with E-state index in [0.717, 1.165) is 21.8 Å². The van der Waals surface area contributed by atoms with Gasteiger partial charge in [-0.15, -0.1) is 0 Å². The number of halogens is 1. The van der Waals surface area contributed by atoms with Crippen molar-refractivity contribution >= 4 is 62.3 Å². The van der Waals surface area contributed by atoms with Gasteiger partial charge >= 0.3 is 0 Å². The van der Waals surface area contributed by atoms with Gasteiger partial charge in [0.2, 0.25) is 5.91 Å². The number of carbonyl (C=O) groups is 3. The van der Waals surface area contributed by atoms with Crippen LogP contribution in [0.2, 0.25) is 0 Å². The van der Waals surface area contributed by atoms with Crippen molar-refractivity contribution in [2.75, 3.05) is 11.9 Å². The first-order chi connectivity index (χ1) is 13.9. The van der Waals surface area contributed by atoms with Crippen LogP contribution in [0.5, 0.6) is 5.75 Å². The molecule has 3 amide bonds.